The van der Waals surface area contributed by atoms with Gasteiger partial charge in [-0.1, -0.05) is 40.2 Å². The van der Waals surface area contributed by atoms with Crippen LogP contribution in [0.4, 0.5) is 5.69 Å². The molecule has 0 spiro atoms. The van der Waals surface area contributed by atoms with E-state index >= 15 is 0 Å². The summed E-state index contributed by atoms with van der Waals surface area (Å²) in [6, 6.07) is 16.0. The van der Waals surface area contributed by atoms with Gasteiger partial charge >= 0.3 is 0 Å². The minimum absolute atomic E-state index is 0.103. The molecule has 2 aromatic rings. The molecule has 0 heterocycles. The van der Waals surface area contributed by atoms with Crippen molar-refractivity contribution in [3.05, 3.63) is 58.6 Å². The zero-order chi connectivity index (χ0) is 15.9. The third-order valence-corrected chi connectivity index (χ3v) is 3.76. The number of aryl methyl sites for hydroxylation is 1. The van der Waals surface area contributed by atoms with E-state index in [0.717, 1.165) is 21.5 Å². The van der Waals surface area contributed by atoms with Crippen molar-refractivity contribution >= 4 is 38.9 Å². The average Bonchev–Trinajstić information content (AvgIpc) is 2.46. The van der Waals surface area contributed by atoms with Gasteiger partial charge in [0.1, 0.15) is 12.4 Å². The van der Waals surface area contributed by atoms with Gasteiger partial charge in [-0.05, 0) is 55.9 Å². The molecule has 116 valence electrons. The Kier molecular flexibility index (Phi) is 6.21. The highest BCUT2D eigenvalue weighted by atomic mass is 79.9. The van der Waals surface area contributed by atoms with Gasteiger partial charge < -0.3 is 15.4 Å². The van der Waals surface area contributed by atoms with Crippen molar-refractivity contribution in [1.29, 1.82) is 0 Å². The molecule has 0 fully saturated rings. The van der Waals surface area contributed by atoms with Crippen LogP contribution in [-0.4, -0.2) is 17.8 Å². The molecule has 0 aromatic heterocycles. The zero-order valence-electron chi connectivity index (χ0n) is 12.6. The van der Waals surface area contributed by atoms with Gasteiger partial charge in [-0.3, -0.25) is 0 Å². The Bertz CT molecular complexity index is 648. The Balaban J connectivity index is 1.80. The lowest BCUT2D eigenvalue weighted by Crippen LogP contribution is -2.39. The van der Waals surface area contributed by atoms with Crippen LogP contribution in [0.1, 0.15) is 12.5 Å². The van der Waals surface area contributed by atoms with Crippen LogP contribution < -0.4 is 15.4 Å². The first kappa shape index (κ1) is 16.8. The number of hydrogen-bond donors (Lipinski definition) is 2. The van der Waals surface area contributed by atoms with Crippen molar-refractivity contribution in [2.75, 3.05) is 11.9 Å². The molecule has 0 unspecified atom stereocenters. The fraction of sp³-hybridized carbons (Fsp3) is 0.235. The third kappa shape index (κ3) is 5.31. The molecular weight excluding hydrogens is 360 g/mol. The lowest BCUT2D eigenvalue weighted by molar-refractivity contribution is 0.285. The van der Waals surface area contributed by atoms with Crippen LogP contribution in [0, 0.1) is 6.92 Å². The Hall–Kier alpha value is -1.59. The van der Waals surface area contributed by atoms with Crippen molar-refractivity contribution in [3.63, 3.8) is 0 Å². The summed E-state index contributed by atoms with van der Waals surface area (Å²) in [7, 11) is 0. The monoisotopic (exact) mass is 378 g/mol. The summed E-state index contributed by atoms with van der Waals surface area (Å²) in [6.45, 7) is 4.62. The molecule has 2 aromatic carbocycles. The van der Waals surface area contributed by atoms with E-state index in [0.29, 0.717) is 11.7 Å². The second kappa shape index (κ2) is 8.15. The predicted molar refractivity (Wildman–Crippen MR) is 99.6 cm³/mol. The fourth-order valence-corrected chi connectivity index (χ4v) is 2.65. The first-order chi connectivity index (χ1) is 10.5. The van der Waals surface area contributed by atoms with Crippen LogP contribution in [-0.2, 0) is 0 Å². The van der Waals surface area contributed by atoms with E-state index in [1.807, 2.05) is 62.4 Å². The average molecular weight is 379 g/mol. The number of benzene rings is 2. The second-order valence-corrected chi connectivity index (χ2v) is 6.41. The summed E-state index contributed by atoms with van der Waals surface area (Å²) >= 11 is 8.76. The van der Waals surface area contributed by atoms with Gasteiger partial charge in [-0.15, -0.1) is 0 Å². The molecule has 0 aliphatic carbocycles. The first-order valence-corrected chi connectivity index (χ1v) is 8.26. The van der Waals surface area contributed by atoms with Crippen molar-refractivity contribution in [1.82, 2.24) is 5.32 Å². The molecule has 22 heavy (non-hydrogen) atoms. The SMILES string of the molecule is Cc1ccccc1OC[C@@H](C)NC(=S)Nc1cccc(Br)c1. The molecule has 2 rings (SSSR count). The molecular formula is C17H19BrN2OS. The van der Waals surface area contributed by atoms with E-state index in [1.165, 1.54) is 0 Å². The normalized spacial score (nSPS) is 11.6. The molecule has 2 N–H and O–H groups in total. The van der Waals surface area contributed by atoms with Gasteiger partial charge in [0.05, 0.1) is 6.04 Å². The summed E-state index contributed by atoms with van der Waals surface area (Å²) in [5, 5.41) is 6.96. The molecule has 0 saturated carbocycles. The molecule has 0 bridgehead atoms. The van der Waals surface area contributed by atoms with Gasteiger partial charge in [0.25, 0.3) is 0 Å². The standard InChI is InChI=1S/C17H19BrN2OS/c1-12-6-3-4-9-16(12)21-11-13(2)19-17(22)20-15-8-5-7-14(18)10-15/h3-10,13H,11H2,1-2H3,(H2,19,20,22)/t13-/m1/s1. The Labute approximate surface area is 145 Å². The predicted octanol–water partition coefficient (Wildman–Crippen LogP) is 4.51. The van der Waals surface area contributed by atoms with Gasteiger partial charge in [0, 0.05) is 10.2 Å². The molecule has 1 atom stereocenters. The zero-order valence-corrected chi connectivity index (χ0v) is 15.0. The summed E-state index contributed by atoms with van der Waals surface area (Å²) in [5.41, 5.74) is 2.07. The second-order valence-electron chi connectivity index (χ2n) is 5.09. The van der Waals surface area contributed by atoms with Crippen molar-refractivity contribution in [3.8, 4) is 5.75 Å². The Morgan fingerprint density at radius 3 is 2.73 bits per heavy atom. The Morgan fingerprint density at radius 1 is 1.23 bits per heavy atom. The van der Waals surface area contributed by atoms with E-state index in [1.54, 1.807) is 0 Å². The van der Waals surface area contributed by atoms with E-state index in [-0.39, 0.29) is 6.04 Å². The number of thiocarbonyl (C=S) groups is 1. The maximum atomic E-state index is 5.81. The number of para-hydroxylation sites is 1. The number of halogens is 1. The summed E-state index contributed by atoms with van der Waals surface area (Å²) in [6.07, 6.45) is 0. The molecule has 0 radical (unpaired) electrons. The minimum atomic E-state index is 0.103. The van der Waals surface area contributed by atoms with Crippen LogP contribution >= 0.6 is 28.1 Å². The van der Waals surface area contributed by atoms with E-state index < -0.39 is 0 Å². The lowest BCUT2D eigenvalue weighted by Gasteiger charge is -2.18. The number of hydrogen-bond acceptors (Lipinski definition) is 2. The van der Waals surface area contributed by atoms with Crippen LogP contribution in [0.2, 0.25) is 0 Å². The van der Waals surface area contributed by atoms with E-state index in [2.05, 4.69) is 26.6 Å². The summed E-state index contributed by atoms with van der Waals surface area (Å²) in [4.78, 5) is 0. The maximum absolute atomic E-state index is 5.81. The van der Waals surface area contributed by atoms with E-state index in [4.69, 9.17) is 17.0 Å². The molecule has 0 aliphatic rings. The smallest absolute Gasteiger partial charge is 0.171 e. The fourth-order valence-electron chi connectivity index (χ4n) is 1.93. The Morgan fingerprint density at radius 2 is 2.00 bits per heavy atom. The quantitative estimate of drug-likeness (QED) is 0.749. The summed E-state index contributed by atoms with van der Waals surface area (Å²) < 4.78 is 6.82. The molecule has 0 aliphatic heterocycles. The van der Waals surface area contributed by atoms with Crippen molar-refractivity contribution < 1.29 is 4.74 Å². The highest BCUT2D eigenvalue weighted by molar-refractivity contribution is 9.10. The first-order valence-electron chi connectivity index (χ1n) is 7.06. The maximum Gasteiger partial charge on any atom is 0.171 e. The van der Waals surface area contributed by atoms with Gasteiger partial charge in [0.2, 0.25) is 0 Å². The lowest BCUT2D eigenvalue weighted by atomic mass is 10.2. The molecule has 0 amide bonds. The number of rotatable bonds is 5. The van der Waals surface area contributed by atoms with E-state index in [9.17, 15) is 0 Å². The largest absolute Gasteiger partial charge is 0.491 e. The van der Waals surface area contributed by atoms with Crippen molar-refractivity contribution in [2.24, 2.45) is 0 Å². The topological polar surface area (TPSA) is 33.3 Å². The minimum Gasteiger partial charge on any atom is -0.491 e. The van der Waals surface area contributed by atoms with Crippen LogP contribution in [0.15, 0.2) is 53.0 Å². The van der Waals surface area contributed by atoms with Crippen LogP contribution in [0.25, 0.3) is 0 Å². The van der Waals surface area contributed by atoms with Gasteiger partial charge in [-0.25, -0.2) is 0 Å². The summed E-state index contributed by atoms with van der Waals surface area (Å²) in [5.74, 6) is 0.905. The highest BCUT2D eigenvalue weighted by Crippen LogP contribution is 2.17. The van der Waals surface area contributed by atoms with Crippen LogP contribution in [0.5, 0.6) is 5.75 Å². The number of nitrogens with one attached hydrogen (secondary N) is 2. The number of anilines is 1. The van der Waals surface area contributed by atoms with Gasteiger partial charge in [0.15, 0.2) is 5.11 Å². The number of ether oxygens (including phenoxy) is 1. The third-order valence-electron chi connectivity index (χ3n) is 3.04. The molecule has 3 nitrogen and oxygen atoms in total. The highest BCUT2D eigenvalue weighted by Gasteiger charge is 2.06. The van der Waals surface area contributed by atoms with Crippen molar-refractivity contribution in [2.45, 2.75) is 19.9 Å². The molecule has 5 heteroatoms. The molecule has 0 saturated heterocycles. The van der Waals surface area contributed by atoms with Gasteiger partial charge in [-0.2, -0.15) is 0 Å². The van der Waals surface area contributed by atoms with Crippen LogP contribution in [0.3, 0.4) is 0 Å².